The molecule has 0 spiro atoms. The van der Waals surface area contributed by atoms with E-state index in [1.807, 2.05) is 18.9 Å². The van der Waals surface area contributed by atoms with E-state index in [2.05, 4.69) is 15.1 Å². The molecular formula is C17H24N6O2. The normalized spacial score (nSPS) is 24.3. The molecule has 0 bridgehead atoms. The Balaban J connectivity index is 1.66. The van der Waals surface area contributed by atoms with Gasteiger partial charge in [-0.25, -0.2) is 9.97 Å². The Labute approximate surface area is 146 Å². The molecule has 25 heavy (non-hydrogen) atoms. The summed E-state index contributed by atoms with van der Waals surface area (Å²) in [5, 5.41) is 16.2. The van der Waals surface area contributed by atoms with E-state index in [0.29, 0.717) is 12.2 Å². The van der Waals surface area contributed by atoms with Crippen molar-refractivity contribution in [1.29, 1.82) is 0 Å². The van der Waals surface area contributed by atoms with Crippen molar-refractivity contribution in [2.24, 2.45) is 7.05 Å². The molecule has 2 aromatic rings. The molecule has 8 heteroatoms. The minimum absolute atomic E-state index is 0.136. The molecule has 0 aliphatic carbocycles. The lowest BCUT2D eigenvalue weighted by atomic mass is 9.91. The van der Waals surface area contributed by atoms with Crippen LogP contribution < -0.4 is 4.90 Å². The van der Waals surface area contributed by atoms with E-state index in [1.54, 1.807) is 15.8 Å². The second-order valence-corrected chi connectivity index (χ2v) is 7.16. The lowest BCUT2D eigenvalue weighted by molar-refractivity contribution is -0.151. The number of rotatable bonds is 2. The van der Waals surface area contributed by atoms with Gasteiger partial charge in [0, 0.05) is 26.7 Å². The fourth-order valence-corrected chi connectivity index (χ4v) is 3.96. The molecule has 2 fully saturated rings. The molecule has 134 valence electrons. The van der Waals surface area contributed by atoms with Gasteiger partial charge in [-0.2, -0.15) is 5.10 Å². The van der Waals surface area contributed by atoms with E-state index in [9.17, 15) is 9.90 Å². The topological polar surface area (TPSA) is 87.4 Å². The molecule has 2 aliphatic heterocycles. The molecule has 0 radical (unpaired) electrons. The van der Waals surface area contributed by atoms with Crippen molar-refractivity contribution in [3.63, 3.8) is 0 Å². The SMILES string of the molecule is Cc1nc(N2CCCC(O)(C(=O)N3CCCC3)C2)c2cnn(C)c2n1. The average Bonchev–Trinajstić information content (AvgIpc) is 3.24. The second kappa shape index (κ2) is 5.94. The first-order valence-electron chi connectivity index (χ1n) is 8.91. The summed E-state index contributed by atoms with van der Waals surface area (Å²) in [5.41, 5.74) is -0.571. The van der Waals surface area contributed by atoms with Crippen molar-refractivity contribution in [2.45, 2.75) is 38.2 Å². The van der Waals surface area contributed by atoms with Crippen molar-refractivity contribution in [3.8, 4) is 0 Å². The first kappa shape index (κ1) is 16.3. The molecule has 1 N–H and O–H groups in total. The number of aryl methyl sites for hydroxylation is 2. The van der Waals surface area contributed by atoms with E-state index >= 15 is 0 Å². The smallest absolute Gasteiger partial charge is 0.256 e. The van der Waals surface area contributed by atoms with Crippen LogP contribution in [0.15, 0.2) is 6.20 Å². The van der Waals surface area contributed by atoms with Crippen LogP contribution in [-0.2, 0) is 11.8 Å². The Morgan fingerprint density at radius 2 is 1.96 bits per heavy atom. The number of β-amino-alcohol motifs (C(OH)–C–C–N with tert-alkyl or cyclic N) is 1. The zero-order chi connectivity index (χ0) is 17.6. The van der Waals surface area contributed by atoms with E-state index in [-0.39, 0.29) is 12.5 Å². The maximum atomic E-state index is 12.8. The predicted molar refractivity (Wildman–Crippen MR) is 93.3 cm³/mol. The predicted octanol–water partition coefficient (Wildman–Crippen LogP) is 0.625. The van der Waals surface area contributed by atoms with Crippen LogP contribution in [0.5, 0.6) is 0 Å². The molecule has 1 amide bonds. The number of hydrogen-bond donors (Lipinski definition) is 1. The maximum Gasteiger partial charge on any atom is 0.256 e. The highest BCUT2D eigenvalue weighted by molar-refractivity contribution is 5.89. The molecule has 0 saturated carbocycles. The average molecular weight is 344 g/mol. The molecular weight excluding hydrogens is 320 g/mol. The van der Waals surface area contributed by atoms with Crippen molar-refractivity contribution in [1.82, 2.24) is 24.6 Å². The summed E-state index contributed by atoms with van der Waals surface area (Å²) in [6.07, 6.45) is 5.04. The van der Waals surface area contributed by atoms with E-state index in [0.717, 1.165) is 55.7 Å². The molecule has 4 heterocycles. The van der Waals surface area contributed by atoms with Gasteiger partial charge in [-0.05, 0) is 32.6 Å². The molecule has 2 aliphatic rings. The van der Waals surface area contributed by atoms with Gasteiger partial charge in [-0.1, -0.05) is 0 Å². The number of aliphatic hydroxyl groups is 1. The highest BCUT2D eigenvalue weighted by atomic mass is 16.3. The summed E-state index contributed by atoms with van der Waals surface area (Å²) in [6.45, 7) is 4.38. The summed E-state index contributed by atoms with van der Waals surface area (Å²) in [7, 11) is 1.85. The third-order valence-electron chi connectivity index (χ3n) is 5.25. The van der Waals surface area contributed by atoms with Gasteiger partial charge in [-0.3, -0.25) is 9.48 Å². The van der Waals surface area contributed by atoms with Gasteiger partial charge < -0.3 is 14.9 Å². The minimum atomic E-state index is -1.34. The maximum absolute atomic E-state index is 12.8. The second-order valence-electron chi connectivity index (χ2n) is 7.16. The zero-order valence-corrected chi connectivity index (χ0v) is 14.8. The lowest BCUT2D eigenvalue weighted by Crippen LogP contribution is -2.58. The van der Waals surface area contributed by atoms with Crippen LogP contribution in [0.3, 0.4) is 0 Å². The number of likely N-dealkylation sites (tertiary alicyclic amines) is 1. The van der Waals surface area contributed by atoms with E-state index < -0.39 is 5.60 Å². The van der Waals surface area contributed by atoms with Crippen LogP contribution in [0.1, 0.15) is 31.5 Å². The van der Waals surface area contributed by atoms with Gasteiger partial charge in [0.25, 0.3) is 5.91 Å². The number of aromatic nitrogens is 4. The highest BCUT2D eigenvalue weighted by Gasteiger charge is 2.44. The standard InChI is InChI=1S/C17H24N6O2/c1-12-19-14-13(10-18-21(14)2)15(20-12)23-9-5-6-17(25,11-23)16(24)22-7-3-4-8-22/h10,25H,3-9,11H2,1-2H3. The first-order valence-corrected chi connectivity index (χ1v) is 8.91. The number of piperidine rings is 1. The van der Waals surface area contributed by atoms with Crippen LogP contribution in [0.2, 0.25) is 0 Å². The molecule has 1 atom stereocenters. The number of amides is 1. The molecule has 1 unspecified atom stereocenters. The largest absolute Gasteiger partial charge is 0.378 e. The Morgan fingerprint density at radius 3 is 2.72 bits per heavy atom. The molecule has 4 rings (SSSR count). The van der Waals surface area contributed by atoms with Crippen molar-refractivity contribution >= 4 is 22.8 Å². The van der Waals surface area contributed by atoms with Crippen LogP contribution >= 0.6 is 0 Å². The molecule has 0 aromatic carbocycles. The third kappa shape index (κ3) is 2.74. The monoisotopic (exact) mass is 344 g/mol. The number of carbonyl (C=O) groups is 1. The summed E-state index contributed by atoms with van der Waals surface area (Å²) in [4.78, 5) is 25.7. The van der Waals surface area contributed by atoms with Crippen LogP contribution in [0.4, 0.5) is 5.82 Å². The minimum Gasteiger partial charge on any atom is -0.378 e. The number of anilines is 1. The Hall–Kier alpha value is -2.22. The van der Waals surface area contributed by atoms with Gasteiger partial charge >= 0.3 is 0 Å². The van der Waals surface area contributed by atoms with Gasteiger partial charge in [0.2, 0.25) is 0 Å². The number of nitrogens with zero attached hydrogens (tertiary/aromatic N) is 6. The van der Waals surface area contributed by atoms with Crippen LogP contribution in [-0.4, -0.2) is 67.4 Å². The molecule has 8 nitrogen and oxygen atoms in total. The fraction of sp³-hybridized carbons (Fsp3) is 0.647. The number of fused-ring (bicyclic) bond motifs is 1. The Bertz CT molecular complexity index is 813. The van der Waals surface area contributed by atoms with Gasteiger partial charge in [0.05, 0.1) is 18.1 Å². The number of carbonyl (C=O) groups excluding carboxylic acids is 1. The summed E-state index contributed by atoms with van der Waals surface area (Å²) in [5.74, 6) is 1.27. The summed E-state index contributed by atoms with van der Waals surface area (Å²) < 4.78 is 1.72. The molecule has 2 saturated heterocycles. The van der Waals surface area contributed by atoms with Crippen LogP contribution in [0, 0.1) is 6.92 Å². The quantitative estimate of drug-likeness (QED) is 0.860. The van der Waals surface area contributed by atoms with Gasteiger partial charge in [0.1, 0.15) is 11.6 Å². The van der Waals surface area contributed by atoms with E-state index in [4.69, 9.17) is 0 Å². The van der Waals surface area contributed by atoms with Crippen molar-refractivity contribution in [2.75, 3.05) is 31.1 Å². The molecule has 2 aromatic heterocycles. The summed E-state index contributed by atoms with van der Waals surface area (Å²) in [6, 6.07) is 0. The summed E-state index contributed by atoms with van der Waals surface area (Å²) >= 11 is 0. The lowest BCUT2D eigenvalue weighted by Gasteiger charge is -2.40. The Morgan fingerprint density at radius 1 is 1.20 bits per heavy atom. The fourth-order valence-electron chi connectivity index (χ4n) is 3.96. The van der Waals surface area contributed by atoms with Gasteiger partial charge in [-0.15, -0.1) is 0 Å². The highest BCUT2D eigenvalue weighted by Crippen LogP contribution is 2.31. The zero-order valence-electron chi connectivity index (χ0n) is 14.8. The van der Waals surface area contributed by atoms with Gasteiger partial charge in [0.15, 0.2) is 11.2 Å². The first-order chi connectivity index (χ1) is 12.0. The van der Waals surface area contributed by atoms with E-state index in [1.165, 1.54) is 0 Å². The van der Waals surface area contributed by atoms with Crippen LogP contribution in [0.25, 0.3) is 11.0 Å². The van der Waals surface area contributed by atoms with Crippen molar-refractivity contribution < 1.29 is 9.90 Å². The number of hydrogen-bond acceptors (Lipinski definition) is 6. The van der Waals surface area contributed by atoms with Crippen molar-refractivity contribution in [3.05, 3.63) is 12.0 Å². The third-order valence-corrected chi connectivity index (χ3v) is 5.25. The Kier molecular flexibility index (Phi) is 3.87.